The number of benzene rings is 2. The Kier molecular flexibility index (Phi) is 12.7. The fourth-order valence-corrected chi connectivity index (χ4v) is 5.10. The number of hydrogen-bond acceptors (Lipinski definition) is 9. The molecular formula is C32H37F3N2O9. The zero-order chi connectivity index (χ0) is 33.1. The number of rotatable bonds is 15. The van der Waals surface area contributed by atoms with Crippen LogP contribution in [0.1, 0.15) is 50.2 Å². The molecule has 0 aliphatic carbocycles. The first-order valence-electron chi connectivity index (χ1n) is 15.0. The molecule has 2 heterocycles. The molecule has 2 saturated heterocycles. The van der Waals surface area contributed by atoms with Crippen LogP contribution >= 0.6 is 0 Å². The second-order valence-electron chi connectivity index (χ2n) is 11.0. The van der Waals surface area contributed by atoms with E-state index in [0.717, 1.165) is 11.1 Å². The average molecular weight is 651 g/mol. The van der Waals surface area contributed by atoms with Gasteiger partial charge in [-0.15, -0.1) is 5.06 Å². The lowest BCUT2D eigenvalue weighted by Crippen LogP contribution is -2.63. The number of amides is 3. The molecule has 11 nitrogen and oxygen atoms in total. The Morgan fingerprint density at radius 3 is 2.13 bits per heavy atom. The Hall–Kier alpha value is -3.85. The zero-order valence-electron chi connectivity index (χ0n) is 25.3. The monoisotopic (exact) mass is 650 g/mol. The smallest absolute Gasteiger partial charge is 0.374 e. The normalized spacial score (nSPS) is 23.4. The second kappa shape index (κ2) is 16.6. The molecule has 1 N–H and O–H groups in total. The summed E-state index contributed by atoms with van der Waals surface area (Å²) in [5, 5.41) is 2.48. The number of imide groups is 1. The van der Waals surface area contributed by atoms with Crippen molar-refractivity contribution in [2.45, 2.75) is 83.0 Å². The number of carbonyl (C=O) groups is 4. The van der Waals surface area contributed by atoms with Gasteiger partial charge in [0.25, 0.3) is 11.8 Å². The highest BCUT2D eigenvalue weighted by atomic mass is 19.4. The minimum atomic E-state index is -5.14. The van der Waals surface area contributed by atoms with Crippen LogP contribution in [0.15, 0.2) is 60.7 Å². The van der Waals surface area contributed by atoms with Crippen LogP contribution in [-0.4, -0.2) is 72.7 Å². The van der Waals surface area contributed by atoms with E-state index in [0.29, 0.717) is 5.06 Å². The maximum absolute atomic E-state index is 13.3. The number of carbonyl (C=O) groups excluding carboxylic acids is 4. The highest BCUT2D eigenvalue weighted by Crippen LogP contribution is 2.31. The average Bonchev–Trinajstić information content (AvgIpc) is 3.34. The summed E-state index contributed by atoms with van der Waals surface area (Å²) in [4.78, 5) is 52.3. The van der Waals surface area contributed by atoms with Crippen LogP contribution in [0.3, 0.4) is 0 Å². The highest BCUT2D eigenvalue weighted by molar-refractivity contribution is 6.01. The van der Waals surface area contributed by atoms with Crippen LogP contribution in [0.5, 0.6) is 0 Å². The van der Waals surface area contributed by atoms with Crippen LogP contribution in [0.4, 0.5) is 13.2 Å². The topological polar surface area (TPSA) is 130 Å². The van der Waals surface area contributed by atoms with Crippen molar-refractivity contribution in [1.82, 2.24) is 10.4 Å². The summed E-state index contributed by atoms with van der Waals surface area (Å²) in [5.41, 5.74) is 1.75. The van der Waals surface area contributed by atoms with Crippen molar-refractivity contribution in [3.8, 4) is 0 Å². The van der Waals surface area contributed by atoms with Gasteiger partial charge in [0, 0.05) is 31.8 Å². The van der Waals surface area contributed by atoms with E-state index in [-0.39, 0.29) is 58.5 Å². The van der Waals surface area contributed by atoms with Gasteiger partial charge in [-0.05, 0) is 24.0 Å². The minimum Gasteiger partial charge on any atom is -0.374 e. The lowest BCUT2D eigenvalue weighted by atomic mass is 9.88. The van der Waals surface area contributed by atoms with Crippen molar-refractivity contribution in [3.63, 3.8) is 0 Å². The Labute approximate surface area is 264 Å². The summed E-state index contributed by atoms with van der Waals surface area (Å²) in [6.07, 6.45) is -7.69. The molecule has 5 atom stereocenters. The SMILES string of the molecule is C[C@@H]1C(NC(=O)C(F)(F)F)C(OCCCCC(=O)ON2C(=O)CCC2=O)OC(COCc2ccccc2)[C@@H]1OCc1ccccc1. The largest absolute Gasteiger partial charge is 0.471 e. The quantitative estimate of drug-likeness (QED) is 0.225. The van der Waals surface area contributed by atoms with E-state index >= 15 is 0 Å². The number of nitrogens with one attached hydrogen (secondary N) is 1. The van der Waals surface area contributed by atoms with Crippen LogP contribution in [0.2, 0.25) is 0 Å². The highest BCUT2D eigenvalue weighted by Gasteiger charge is 2.49. The fraction of sp³-hybridized carbons (Fsp3) is 0.500. The summed E-state index contributed by atoms with van der Waals surface area (Å²) in [6, 6.07) is 17.4. The van der Waals surface area contributed by atoms with E-state index in [1.165, 1.54) is 0 Å². The van der Waals surface area contributed by atoms with E-state index in [9.17, 15) is 32.3 Å². The number of nitrogens with zero attached hydrogens (tertiary/aromatic N) is 1. The summed E-state index contributed by atoms with van der Waals surface area (Å²) in [5.74, 6) is -4.81. The van der Waals surface area contributed by atoms with Gasteiger partial charge in [-0.3, -0.25) is 14.4 Å². The predicted octanol–water partition coefficient (Wildman–Crippen LogP) is 3.99. The zero-order valence-corrected chi connectivity index (χ0v) is 25.3. The Morgan fingerprint density at radius 1 is 0.913 bits per heavy atom. The standard InChI is InChI=1S/C32H37F3N2O9/c1-21-28(36-31(41)32(33,34)35)30(43-17-9-8-14-27(40)46-37-25(38)15-16-26(37)39)45-24(20-42-18-22-10-4-2-5-11-22)29(21)44-19-23-12-6-3-7-13-23/h2-7,10-13,21,24,28-30H,8-9,14-20H2,1H3,(H,36,41)/t21-,24?,28?,29-,30?/m1/s1. The second-order valence-corrected chi connectivity index (χ2v) is 11.0. The van der Waals surface area contributed by atoms with E-state index in [4.69, 9.17) is 23.8 Å². The number of ether oxygens (including phenoxy) is 4. The molecule has 0 bridgehead atoms. The van der Waals surface area contributed by atoms with Crippen LogP contribution in [0, 0.1) is 5.92 Å². The molecular weight excluding hydrogens is 613 g/mol. The Bertz CT molecular complexity index is 1300. The number of hydroxylamine groups is 2. The molecule has 250 valence electrons. The maximum Gasteiger partial charge on any atom is 0.471 e. The van der Waals surface area contributed by atoms with Crippen LogP contribution in [0.25, 0.3) is 0 Å². The van der Waals surface area contributed by atoms with Gasteiger partial charge >= 0.3 is 18.1 Å². The van der Waals surface area contributed by atoms with Gasteiger partial charge in [0.15, 0.2) is 6.29 Å². The molecule has 0 aromatic heterocycles. The Morgan fingerprint density at radius 2 is 1.52 bits per heavy atom. The molecule has 2 aliphatic heterocycles. The van der Waals surface area contributed by atoms with Crippen molar-refractivity contribution in [2.24, 2.45) is 5.92 Å². The lowest BCUT2D eigenvalue weighted by molar-refractivity contribution is -0.271. The number of hydrogen-bond donors (Lipinski definition) is 1. The summed E-state index contributed by atoms with van der Waals surface area (Å²) in [7, 11) is 0. The first kappa shape index (κ1) is 35.0. The van der Waals surface area contributed by atoms with E-state index in [2.05, 4.69) is 0 Å². The lowest BCUT2D eigenvalue weighted by Gasteiger charge is -2.45. The van der Waals surface area contributed by atoms with Gasteiger partial charge < -0.3 is 29.1 Å². The molecule has 14 heteroatoms. The van der Waals surface area contributed by atoms with Crippen LogP contribution < -0.4 is 5.32 Å². The molecule has 2 fully saturated rings. The van der Waals surface area contributed by atoms with Crippen molar-refractivity contribution >= 4 is 23.7 Å². The predicted molar refractivity (Wildman–Crippen MR) is 154 cm³/mol. The molecule has 0 radical (unpaired) electrons. The molecule has 46 heavy (non-hydrogen) atoms. The van der Waals surface area contributed by atoms with Gasteiger partial charge in [0.05, 0.1) is 32.0 Å². The van der Waals surface area contributed by atoms with Crippen molar-refractivity contribution in [3.05, 3.63) is 71.8 Å². The molecule has 3 amide bonds. The summed E-state index contributed by atoms with van der Waals surface area (Å²) < 4.78 is 64.0. The third kappa shape index (κ3) is 10.1. The number of halogens is 3. The summed E-state index contributed by atoms with van der Waals surface area (Å²) in [6.45, 7) is 2.03. The van der Waals surface area contributed by atoms with E-state index in [1.54, 1.807) is 6.92 Å². The third-order valence-electron chi connectivity index (χ3n) is 7.54. The van der Waals surface area contributed by atoms with Gasteiger partial charge in [-0.2, -0.15) is 13.2 Å². The van der Waals surface area contributed by atoms with Gasteiger partial charge in [-0.1, -0.05) is 67.6 Å². The molecule has 2 aromatic rings. The van der Waals surface area contributed by atoms with Crippen molar-refractivity contribution in [1.29, 1.82) is 0 Å². The number of unbranched alkanes of at least 4 members (excludes halogenated alkanes) is 1. The molecule has 2 aliphatic rings. The minimum absolute atomic E-state index is 0.0255. The van der Waals surface area contributed by atoms with Crippen molar-refractivity contribution < 1.29 is 56.1 Å². The van der Waals surface area contributed by atoms with Gasteiger partial charge in [0.2, 0.25) is 0 Å². The molecule has 2 aromatic carbocycles. The van der Waals surface area contributed by atoms with Gasteiger partial charge in [0.1, 0.15) is 6.10 Å². The summed E-state index contributed by atoms with van der Waals surface area (Å²) >= 11 is 0. The maximum atomic E-state index is 13.3. The Balaban J connectivity index is 1.40. The molecule has 0 spiro atoms. The number of alkyl halides is 3. The first-order chi connectivity index (χ1) is 22.0. The third-order valence-corrected chi connectivity index (χ3v) is 7.54. The molecule has 3 unspecified atom stereocenters. The van der Waals surface area contributed by atoms with Gasteiger partial charge in [-0.25, -0.2) is 4.79 Å². The molecule has 0 saturated carbocycles. The first-order valence-corrected chi connectivity index (χ1v) is 15.0. The fourth-order valence-electron chi connectivity index (χ4n) is 5.10. The van der Waals surface area contributed by atoms with Crippen LogP contribution in [-0.2, 0) is 56.2 Å². The van der Waals surface area contributed by atoms with Crippen molar-refractivity contribution in [2.75, 3.05) is 13.2 Å². The van der Waals surface area contributed by atoms with E-state index in [1.807, 2.05) is 66.0 Å². The van der Waals surface area contributed by atoms with E-state index < -0.39 is 60.3 Å². The molecule has 4 rings (SSSR count).